The Balaban J connectivity index is -0.000000320. The van der Waals surface area contributed by atoms with Crippen LogP contribution in [0.4, 0.5) is 0 Å². The van der Waals surface area contributed by atoms with Crippen LogP contribution in [0.1, 0.15) is 1.43 Å². The number of carboxylic acid groups (broad SMARTS) is 1. The van der Waals surface area contributed by atoms with E-state index in [1.54, 1.807) is 0 Å². The van der Waals surface area contributed by atoms with Crippen LogP contribution < -0.4 is 51.4 Å². The first-order valence-corrected chi connectivity index (χ1v) is 2.15. The van der Waals surface area contributed by atoms with Crippen molar-refractivity contribution in [1.29, 1.82) is 0 Å². The van der Waals surface area contributed by atoms with Gasteiger partial charge in [0.15, 0.2) is 0 Å². The summed E-state index contributed by atoms with van der Waals surface area (Å²) >= 11 is 0. The zero-order chi connectivity index (χ0) is 7.28. The molecule has 0 aromatic rings. The van der Waals surface area contributed by atoms with Crippen LogP contribution in [0.15, 0.2) is 12.2 Å². The molecule has 0 aromatic carbocycles. The van der Waals surface area contributed by atoms with Crippen molar-refractivity contribution in [3.05, 3.63) is 12.2 Å². The maximum absolute atomic E-state index is 10.1. The molecule has 0 atom stereocenters. The largest absolute Gasteiger partial charge is 1.00 e. The van der Waals surface area contributed by atoms with Gasteiger partial charge in [0, 0.05) is 12.2 Å². The number of hydrogen-bond donors (Lipinski definition) is 1. The Morgan fingerprint density at radius 2 is 2.00 bits per heavy atom. The SMILES string of the molecule is COC(=O)/C=C\C(=O)O.[H-].[K+]. The fraction of sp³-hybridized carbons (Fsp3) is 0.200. The minimum Gasteiger partial charge on any atom is -1.00 e. The molecule has 0 rings (SSSR count). The fourth-order valence-electron chi connectivity index (χ4n) is 0.207. The first kappa shape index (κ1) is 12.9. The van der Waals surface area contributed by atoms with Gasteiger partial charge in [0.05, 0.1) is 7.11 Å². The molecule has 0 aliphatic carbocycles. The first-order chi connectivity index (χ1) is 4.16. The van der Waals surface area contributed by atoms with E-state index in [0.717, 1.165) is 6.08 Å². The van der Waals surface area contributed by atoms with Crippen molar-refractivity contribution < 1.29 is 72.2 Å². The quantitative estimate of drug-likeness (QED) is 0.271. The smallest absolute Gasteiger partial charge is 1.00 e. The zero-order valence-corrected chi connectivity index (χ0v) is 8.95. The van der Waals surface area contributed by atoms with Crippen LogP contribution in [0.5, 0.6) is 0 Å². The molecule has 0 heterocycles. The molecule has 0 saturated carbocycles. The van der Waals surface area contributed by atoms with Crippen molar-refractivity contribution in [2.24, 2.45) is 0 Å². The van der Waals surface area contributed by atoms with Crippen LogP contribution in [0.25, 0.3) is 0 Å². The Hall–Kier alpha value is 0.316. The van der Waals surface area contributed by atoms with E-state index in [1.807, 2.05) is 0 Å². The van der Waals surface area contributed by atoms with Gasteiger partial charge in [-0.05, 0) is 0 Å². The fourth-order valence-corrected chi connectivity index (χ4v) is 0.207. The molecule has 0 saturated heterocycles. The van der Waals surface area contributed by atoms with Gasteiger partial charge >= 0.3 is 63.3 Å². The Kier molecular flexibility index (Phi) is 9.61. The molecule has 10 heavy (non-hydrogen) atoms. The van der Waals surface area contributed by atoms with E-state index in [2.05, 4.69) is 4.74 Å². The van der Waals surface area contributed by atoms with Crippen molar-refractivity contribution >= 4 is 11.9 Å². The predicted octanol–water partition coefficient (Wildman–Crippen LogP) is -3.08. The molecule has 0 aliphatic heterocycles. The second kappa shape index (κ2) is 7.42. The summed E-state index contributed by atoms with van der Waals surface area (Å²) in [6.07, 6.45) is 1.55. The van der Waals surface area contributed by atoms with E-state index in [0.29, 0.717) is 6.08 Å². The third-order valence-corrected chi connectivity index (χ3v) is 0.563. The maximum atomic E-state index is 10.1. The molecule has 52 valence electrons. The molecule has 0 unspecified atom stereocenters. The molecular formula is C5H7KO4. The van der Waals surface area contributed by atoms with Gasteiger partial charge in [-0.25, -0.2) is 9.59 Å². The number of methoxy groups -OCH3 is 1. The molecule has 0 fully saturated rings. The summed E-state index contributed by atoms with van der Waals surface area (Å²) < 4.78 is 4.11. The number of esters is 1. The van der Waals surface area contributed by atoms with Gasteiger partial charge in [0.2, 0.25) is 0 Å². The van der Waals surface area contributed by atoms with Gasteiger partial charge in [-0.15, -0.1) is 0 Å². The van der Waals surface area contributed by atoms with Crippen molar-refractivity contribution in [1.82, 2.24) is 0 Å². The predicted molar refractivity (Wildman–Crippen MR) is 29.9 cm³/mol. The van der Waals surface area contributed by atoms with Crippen molar-refractivity contribution in [2.45, 2.75) is 0 Å². The molecule has 4 nitrogen and oxygen atoms in total. The van der Waals surface area contributed by atoms with E-state index in [4.69, 9.17) is 5.11 Å². The van der Waals surface area contributed by atoms with Crippen molar-refractivity contribution in [3.8, 4) is 0 Å². The molecule has 0 spiro atoms. The van der Waals surface area contributed by atoms with Gasteiger partial charge in [-0.3, -0.25) is 0 Å². The van der Waals surface area contributed by atoms with E-state index in [1.165, 1.54) is 7.11 Å². The number of carbonyl (C=O) groups excluding carboxylic acids is 1. The monoisotopic (exact) mass is 170 g/mol. The third kappa shape index (κ3) is 8.32. The van der Waals surface area contributed by atoms with Gasteiger partial charge in [0.25, 0.3) is 0 Å². The van der Waals surface area contributed by atoms with Crippen LogP contribution in [0.2, 0.25) is 0 Å². The summed E-state index contributed by atoms with van der Waals surface area (Å²) in [7, 11) is 1.18. The second-order valence-electron chi connectivity index (χ2n) is 1.19. The van der Waals surface area contributed by atoms with Crippen molar-refractivity contribution in [2.75, 3.05) is 7.11 Å². The van der Waals surface area contributed by atoms with Crippen LogP contribution in [-0.4, -0.2) is 24.2 Å². The van der Waals surface area contributed by atoms with Gasteiger partial charge in [-0.1, -0.05) is 0 Å². The summed E-state index contributed by atoms with van der Waals surface area (Å²) in [4.78, 5) is 19.9. The zero-order valence-electron chi connectivity index (χ0n) is 6.83. The number of rotatable bonds is 2. The molecule has 0 radical (unpaired) electrons. The molecule has 1 N–H and O–H groups in total. The van der Waals surface area contributed by atoms with Gasteiger partial charge in [0.1, 0.15) is 0 Å². The summed E-state index contributed by atoms with van der Waals surface area (Å²) in [6.45, 7) is 0. The van der Waals surface area contributed by atoms with Gasteiger partial charge < -0.3 is 11.3 Å². The minimum absolute atomic E-state index is 0. The molecule has 0 bridgehead atoms. The van der Waals surface area contributed by atoms with Crippen LogP contribution in [0.3, 0.4) is 0 Å². The first-order valence-electron chi connectivity index (χ1n) is 2.15. The standard InChI is InChI=1S/C5H6O4.K.H/c1-9-5(8)3-2-4(6)7;;/h2-3H,1H3,(H,6,7);;/q;+1;-1/b3-2-;;. The van der Waals surface area contributed by atoms with Crippen LogP contribution in [0, 0.1) is 0 Å². The number of ether oxygens (including phenoxy) is 1. The van der Waals surface area contributed by atoms with E-state index < -0.39 is 11.9 Å². The van der Waals surface area contributed by atoms with Crippen LogP contribution in [-0.2, 0) is 14.3 Å². The summed E-state index contributed by atoms with van der Waals surface area (Å²) in [5, 5.41) is 7.96. The number of carbonyl (C=O) groups is 2. The van der Waals surface area contributed by atoms with Crippen LogP contribution >= 0.6 is 0 Å². The molecular weight excluding hydrogens is 163 g/mol. The van der Waals surface area contributed by atoms with E-state index in [9.17, 15) is 9.59 Å². The summed E-state index contributed by atoms with van der Waals surface area (Å²) in [5.41, 5.74) is 0. The number of carboxylic acids is 1. The summed E-state index contributed by atoms with van der Waals surface area (Å²) in [5.74, 6) is -1.84. The number of hydrogen-bond acceptors (Lipinski definition) is 3. The Labute approximate surface area is 102 Å². The average molecular weight is 170 g/mol. The topological polar surface area (TPSA) is 63.6 Å². The van der Waals surface area contributed by atoms with Crippen molar-refractivity contribution in [3.63, 3.8) is 0 Å². The molecule has 0 aromatic heterocycles. The molecule has 5 heteroatoms. The Morgan fingerprint density at radius 1 is 1.50 bits per heavy atom. The summed E-state index contributed by atoms with van der Waals surface area (Å²) in [6, 6.07) is 0. The minimum atomic E-state index is -1.17. The molecule has 0 amide bonds. The van der Waals surface area contributed by atoms with E-state index in [-0.39, 0.29) is 52.8 Å². The third-order valence-electron chi connectivity index (χ3n) is 0.563. The van der Waals surface area contributed by atoms with Gasteiger partial charge in [-0.2, -0.15) is 0 Å². The number of aliphatic carboxylic acids is 1. The normalized spacial score (nSPS) is 8.50. The Bertz CT molecular complexity index is 157. The second-order valence-corrected chi connectivity index (χ2v) is 1.19. The van der Waals surface area contributed by atoms with E-state index >= 15 is 0 Å². The Morgan fingerprint density at radius 3 is 2.30 bits per heavy atom. The average Bonchev–Trinajstić information content (AvgIpc) is 1.83. The maximum Gasteiger partial charge on any atom is 1.00 e. The molecule has 0 aliphatic rings.